The second-order valence-electron chi connectivity index (χ2n) is 3.24. The van der Waals surface area contributed by atoms with Crippen molar-refractivity contribution in [3.8, 4) is 6.07 Å². The van der Waals surface area contributed by atoms with Crippen LogP contribution in [-0.2, 0) is 10.0 Å². The van der Waals surface area contributed by atoms with Gasteiger partial charge in [-0.1, -0.05) is 0 Å². The van der Waals surface area contributed by atoms with Gasteiger partial charge in [-0.2, -0.15) is 10.4 Å². The number of aromatic nitrogens is 2. The largest absolute Gasteiger partial charge is 0.280 e. The second-order valence-corrected chi connectivity index (χ2v) is 5.24. The first-order valence-electron chi connectivity index (χ1n) is 4.31. The molecule has 0 radical (unpaired) electrons. The summed E-state index contributed by atoms with van der Waals surface area (Å²) in [4.78, 5) is 0. The molecule has 1 unspecified atom stereocenters. The number of aromatic amines is 1. The zero-order valence-electron chi connectivity index (χ0n) is 8.70. The van der Waals surface area contributed by atoms with E-state index < -0.39 is 15.3 Å². The van der Waals surface area contributed by atoms with Crippen LogP contribution in [0.25, 0.3) is 0 Å². The maximum Gasteiger partial charge on any atom is 0.250 e. The highest BCUT2D eigenvalue weighted by molar-refractivity contribution is 7.93. The predicted molar refractivity (Wildman–Crippen MR) is 55.7 cm³/mol. The number of nitriles is 1. The van der Waals surface area contributed by atoms with E-state index in [4.69, 9.17) is 5.26 Å². The fraction of sp³-hybridized carbons (Fsp3) is 0.500. The quantitative estimate of drug-likeness (QED) is 0.794. The Bertz CT molecular complexity index is 497. The fourth-order valence-electron chi connectivity index (χ4n) is 0.877. The van der Waals surface area contributed by atoms with Gasteiger partial charge in [0.1, 0.15) is 0 Å². The lowest BCUT2D eigenvalue weighted by Crippen LogP contribution is -2.24. The Morgan fingerprint density at radius 1 is 1.53 bits per heavy atom. The van der Waals surface area contributed by atoms with Gasteiger partial charge in [0.05, 0.1) is 6.07 Å². The van der Waals surface area contributed by atoms with Gasteiger partial charge in [0, 0.05) is 11.3 Å². The van der Waals surface area contributed by atoms with Gasteiger partial charge in [0.2, 0.25) is 10.0 Å². The standard InChI is InChI=1S/C8H12N4O2S/c1-5(4-9)15(13,14)12-8-6(2)7(3)10-11-8/h5H,1-3H3,(H2,10,11,12). The molecule has 0 bridgehead atoms. The molecular formula is C8H12N4O2S. The Balaban J connectivity index is 2.98. The van der Waals surface area contributed by atoms with Crippen molar-refractivity contribution in [3.05, 3.63) is 11.3 Å². The molecule has 0 aliphatic carbocycles. The van der Waals surface area contributed by atoms with Crippen LogP contribution in [0, 0.1) is 25.2 Å². The molecule has 0 saturated heterocycles. The van der Waals surface area contributed by atoms with Gasteiger partial charge in [0.15, 0.2) is 11.1 Å². The number of sulfonamides is 1. The summed E-state index contributed by atoms with van der Waals surface area (Å²) in [5.74, 6) is 0.245. The molecular weight excluding hydrogens is 216 g/mol. The van der Waals surface area contributed by atoms with Crippen LogP contribution in [0.2, 0.25) is 0 Å². The Morgan fingerprint density at radius 3 is 2.53 bits per heavy atom. The highest BCUT2D eigenvalue weighted by Crippen LogP contribution is 2.16. The van der Waals surface area contributed by atoms with Gasteiger partial charge < -0.3 is 0 Å². The molecule has 0 amide bonds. The third kappa shape index (κ3) is 2.27. The third-order valence-corrected chi connectivity index (χ3v) is 3.65. The molecule has 6 nitrogen and oxygen atoms in total. The van der Waals surface area contributed by atoms with Crippen LogP contribution >= 0.6 is 0 Å². The summed E-state index contributed by atoms with van der Waals surface area (Å²) in [6.07, 6.45) is 0. The molecule has 0 aliphatic rings. The van der Waals surface area contributed by atoms with Crippen LogP contribution in [0.15, 0.2) is 0 Å². The third-order valence-electron chi connectivity index (χ3n) is 2.14. The summed E-state index contributed by atoms with van der Waals surface area (Å²) in [7, 11) is -3.67. The van der Waals surface area contributed by atoms with E-state index in [1.807, 2.05) is 0 Å². The van der Waals surface area contributed by atoms with E-state index in [0.717, 1.165) is 11.3 Å². The first kappa shape index (κ1) is 11.5. The van der Waals surface area contributed by atoms with Crippen LogP contribution in [0.5, 0.6) is 0 Å². The molecule has 0 fully saturated rings. The average molecular weight is 228 g/mol. The zero-order valence-corrected chi connectivity index (χ0v) is 9.51. The van der Waals surface area contributed by atoms with E-state index in [1.165, 1.54) is 6.92 Å². The van der Waals surface area contributed by atoms with Crippen molar-refractivity contribution in [2.24, 2.45) is 0 Å². The van der Waals surface area contributed by atoms with Crippen LogP contribution in [-0.4, -0.2) is 23.9 Å². The number of hydrogen-bond donors (Lipinski definition) is 2. The average Bonchev–Trinajstić information content (AvgIpc) is 2.48. The minimum atomic E-state index is -3.67. The summed E-state index contributed by atoms with van der Waals surface area (Å²) in [6.45, 7) is 4.85. The van der Waals surface area contributed by atoms with E-state index >= 15 is 0 Å². The highest BCUT2D eigenvalue weighted by atomic mass is 32.2. The molecule has 0 aromatic carbocycles. The molecule has 1 rings (SSSR count). The summed E-state index contributed by atoms with van der Waals surface area (Å²) < 4.78 is 25.3. The minimum Gasteiger partial charge on any atom is -0.280 e. The molecule has 1 atom stereocenters. The van der Waals surface area contributed by atoms with E-state index in [9.17, 15) is 8.42 Å². The number of rotatable bonds is 3. The van der Waals surface area contributed by atoms with Crippen LogP contribution in [0.4, 0.5) is 5.82 Å². The van der Waals surface area contributed by atoms with Crippen molar-refractivity contribution >= 4 is 15.8 Å². The van der Waals surface area contributed by atoms with Gasteiger partial charge >= 0.3 is 0 Å². The smallest absolute Gasteiger partial charge is 0.250 e. The number of nitrogens with one attached hydrogen (secondary N) is 2. The van der Waals surface area contributed by atoms with Gasteiger partial charge in [0.25, 0.3) is 0 Å². The Morgan fingerprint density at radius 2 is 2.13 bits per heavy atom. The first-order chi connectivity index (χ1) is 6.88. The molecule has 1 aromatic rings. The van der Waals surface area contributed by atoms with Gasteiger partial charge in [-0.25, -0.2) is 8.42 Å². The molecule has 2 N–H and O–H groups in total. The van der Waals surface area contributed by atoms with Crippen molar-refractivity contribution in [2.45, 2.75) is 26.0 Å². The molecule has 0 aliphatic heterocycles. The lowest BCUT2D eigenvalue weighted by Gasteiger charge is -2.06. The maximum absolute atomic E-state index is 11.5. The van der Waals surface area contributed by atoms with Gasteiger partial charge in [-0.3, -0.25) is 9.82 Å². The molecule has 1 heterocycles. The topological polar surface area (TPSA) is 98.6 Å². The molecule has 0 spiro atoms. The number of H-pyrrole nitrogens is 1. The Hall–Kier alpha value is -1.55. The monoisotopic (exact) mass is 228 g/mol. The molecule has 1 aromatic heterocycles. The number of anilines is 1. The minimum absolute atomic E-state index is 0.245. The zero-order chi connectivity index (χ0) is 11.6. The van der Waals surface area contributed by atoms with E-state index in [1.54, 1.807) is 19.9 Å². The molecule has 0 saturated carbocycles. The second kappa shape index (κ2) is 3.90. The summed E-state index contributed by atoms with van der Waals surface area (Å²) in [5.41, 5.74) is 1.51. The van der Waals surface area contributed by atoms with E-state index in [0.29, 0.717) is 0 Å². The van der Waals surface area contributed by atoms with Crippen LogP contribution in [0.3, 0.4) is 0 Å². The lowest BCUT2D eigenvalue weighted by atomic mass is 10.3. The maximum atomic E-state index is 11.5. The van der Waals surface area contributed by atoms with E-state index in [-0.39, 0.29) is 5.82 Å². The summed E-state index contributed by atoms with van der Waals surface area (Å²) in [5, 5.41) is 13.9. The van der Waals surface area contributed by atoms with E-state index in [2.05, 4.69) is 14.9 Å². The van der Waals surface area contributed by atoms with Gasteiger partial charge in [-0.05, 0) is 20.8 Å². The number of nitrogens with zero attached hydrogens (tertiary/aromatic N) is 2. The first-order valence-corrected chi connectivity index (χ1v) is 5.86. The van der Waals surface area contributed by atoms with Crippen molar-refractivity contribution in [2.75, 3.05) is 4.72 Å². The Kier molecular flexibility index (Phi) is 3.00. The van der Waals surface area contributed by atoms with Crippen LogP contribution in [0.1, 0.15) is 18.2 Å². The van der Waals surface area contributed by atoms with Crippen molar-refractivity contribution in [3.63, 3.8) is 0 Å². The van der Waals surface area contributed by atoms with Crippen molar-refractivity contribution in [1.29, 1.82) is 5.26 Å². The number of aryl methyl sites for hydroxylation is 1. The van der Waals surface area contributed by atoms with Crippen LogP contribution < -0.4 is 4.72 Å². The summed E-state index contributed by atoms with van der Waals surface area (Å²) >= 11 is 0. The van der Waals surface area contributed by atoms with Crippen molar-refractivity contribution in [1.82, 2.24) is 10.2 Å². The Labute approximate surface area is 88.4 Å². The molecule has 7 heteroatoms. The normalized spacial score (nSPS) is 13.2. The fourth-order valence-corrected chi connectivity index (χ4v) is 1.66. The van der Waals surface area contributed by atoms with Gasteiger partial charge in [-0.15, -0.1) is 0 Å². The van der Waals surface area contributed by atoms with Crippen molar-refractivity contribution < 1.29 is 8.42 Å². The predicted octanol–water partition coefficient (Wildman–Crippen LogP) is 0.680. The molecule has 82 valence electrons. The highest BCUT2D eigenvalue weighted by Gasteiger charge is 2.22. The molecule has 15 heavy (non-hydrogen) atoms. The lowest BCUT2D eigenvalue weighted by molar-refractivity contribution is 0.597. The SMILES string of the molecule is Cc1[nH]nc(NS(=O)(=O)C(C)C#N)c1C. The summed E-state index contributed by atoms with van der Waals surface area (Å²) in [6, 6.07) is 1.66. The number of hydrogen-bond acceptors (Lipinski definition) is 4.